The number of rotatable bonds is 6. The van der Waals surface area contributed by atoms with Crippen LogP contribution >= 0.6 is 0 Å². The normalized spacial score (nSPS) is 20.1. The predicted octanol–water partition coefficient (Wildman–Crippen LogP) is 4.48. The van der Waals surface area contributed by atoms with Gasteiger partial charge in [-0.1, -0.05) is 42.0 Å². The number of amides is 1. The van der Waals surface area contributed by atoms with Gasteiger partial charge in [-0.25, -0.2) is 0 Å². The van der Waals surface area contributed by atoms with Crippen LogP contribution in [0.1, 0.15) is 42.5 Å². The van der Waals surface area contributed by atoms with Gasteiger partial charge < -0.3 is 10.1 Å². The highest BCUT2D eigenvalue weighted by Crippen LogP contribution is 2.21. The number of para-hydroxylation sites is 1. The van der Waals surface area contributed by atoms with Gasteiger partial charge in [-0.2, -0.15) is 0 Å². The van der Waals surface area contributed by atoms with Gasteiger partial charge in [-0.05, 0) is 56.9 Å². The highest BCUT2D eigenvalue weighted by Gasteiger charge is 2.22. The van der Waals surface area contributed by atoms with Crippen LogP contribution in [0, 0.1) is 13.8 Å². The van der Waals surface area contributed by atoms with Crippen molar-refractivity contribution in [2.45, 2.75) is 59.3 Å². The van der Waals surface area contributed by atoms with E-state index in [2.05, 4.69) is 62.2 Å². The number of anilines is 1. The molecule has 2 unspecified atom stereocenters. The summed E-state index contributed by atoms with van der Waals surface area (Å²) in [6.45, 7) is 11.1. The van der Waals surface area contributed by atoms with Gasteiger partial charge in [0.2, 0.25) is 5.91 Å². The Morgan fingerprint density at radius 2 is 1.79 bits per heavy atom. The molecule has 0 aromatic heterocycles. The first kappa shape index (κ1) is 20.6. The van der Waals surface area contributed by atoms with Gasteiger partial charge in [-0.3, -0.25) is 9.69 Å². The highest BCUT2D eigenvalue weighted by atomic mass is 16.5. The molecule has 1 aliphatic heterocycles. The Balaban J connectivity index is 1.60. The molecule has 150 valence electrons. The van der Waals surface area contributed by atoms with E-state index in [9.17, 15) is 4.79 Å². The number of nitrogens with zero attached hydrogens (tertiary/aromatic N) is 1. The Kier molecular flexibility index (Phi) is 6.87. The summed E-state index contributed by atoms with van der Waals surface area (Å²) in [6.07, 6.45) is 1.73. The molecule has 0 saturated carbocycles. The maximum atomic E-state index is 12.6. The first-order valence-corrected chi connectivity index (χ1v) is 10.2. The molecule has 1 N–H and O–H groups in total. The molecule has 1 amide bonds. The minimum absolute atomic E-state index is 0.0659. The van der Waals surface area contributed by atoms with E-state index in [4.69, 9.17) is 4.74 Å². The van der Waals surface area contributed by atoms with Crippen molar-refractivity contribution >= 4 is 11.6 Å². The van der Waals surface area contributed by atoms with Gasteiger partial charge in [-0.15, -0.1) is 0 Å². The lowest BCUT2D eigenvalue weighted by Crippen LogP contribution is -2.44. The van der Waals surface area contributed by atoms with Crippen LogP contribution < -0.4 is 5.32 Å². The van der Waals surface area contributed by atoms with E-state index in [0.29, 0.717) is 6.42 Å². The van der Waals surface area contributed by atoms with Crippen LogP contribution in [0.3, 0.4) is 0 Å². The molecule has 2 aromatic rings. The number of hydrogen-bond acceptors (Lipinski definition) is 3. The lowest BCUT2D eigenvalue weighted by molar-refractivity contribution is -0.116. The van der Waals surface area contributed by atoms with Gasteiger partial charge in [0, 0.05) is 31.7 Å². The monoisotopic (exact) mass is 380 g/mol. The quantitative estimate of drug-likeness (QED) is 0.803. The molecule has 0 bridgehead atoms. The van der Waals surface area contributed by atoms with Crippen LogP contribution in [0.2, 0.25) is 0 Å². The Morgan fingerprint density at radius 1 is 1.07 bits per heavy atom. The van der Waals surface area contributed by atoms with Gasteiger partial charge in [0.15, 0.2) is 0 Å². The second kappa shape index (κ2) is 9.35. The average molecular weight is 381 g/mol. The van der Waals surface area contributed by atoms with Crippen LogP contribution in [0.25, 0.3) is 0 Å². The number of carbonyl (C=O) groups is 1. The Bertz CT molecular complexity index is 808. The third-order valence-electron chi connectivity index (χ3n) is 5.30. The first-order chi connectivity index (χ1) is 13.4. The minimum atomic E-state index is 0.0659. The second-order valence-corrected chi connectivity index (χ2v) is 8.09. The standard InChI is InChI=1S/C24H32N2O2/c1-17-9-10-21(18(2)13-17)11-12-24(27)25-23-8-6-5-7-22(23)16-26-14-19(3)28-20(4)15-26/h5-10,13,19-20H,11-12,14-16H2,1-4H3,(H,25,27). The van der Waals surface area contributed by atoms with Crippen LogP contribution in [0.5, 0.6) is 0 Å². The fourth-order valence-electron chi connectivity index (χ4n) is 4.02. The third-order valence-corrected chi connectivity index (χ3v) is 5.30. The van der Waals surface area contributed by atoms with Crippen molar-refractivity contribution in [3.8, 4) is 0 Å². The zero-order chi connectivity index (χ0) is 20.1. The van der Waals surface area contributed by atoms with Crippen molar-refractivity contribution in [1.82, 2.24) is 4.90 Å². The van der Waals surface area contributed by atoms with E-state index in [1.54, 1.807) is 0 Å². The van der Waals surface area contributed by atoms with Gasteiger partial charge in [0.25, 0.3) is 0 Å². The molecule has 2 aromatic carbocycles. The Hall–Kier alpha value is -2.17. The van der Waals surface area contributed by atoms with Crippen molar-refractivity contribution in [1.29, 1.82) is 0 Å². The number of benzene rings is 2. The van der Waals surface area contributed by atoms with Crippen molar-refractivity contribution in [3.05, 3.63) is 64.7 Å². The van der Waals surface area contributed by atoms with Gasteiger partial charge in [0.05, 0.1) is 12.2 Å². The van der Waals surface area contributed by atoms with Crippen molar-refractivity contribution in [3.63, 3.8) is 0 Å². The van der Waals surface area contributed by atoms with E-state index in [1.165, 1.54) is 16.7 Å². The molecule has 1 aliphatic rings. The summed E-state index contributed by atoms with van der Waals surface area (Å²) >= 11 is 0. The van der Waals surface area contributed by atoms with E-state index in [-0.39, 0.29) is 18.1 Å². The molecule has 0 aliphatic carbocycles. The first-order valence-electron chi connectivity index (χ1n) is 10.2. The number of ether oxygens (including phenoxy) is 1. The summed E-state index contributed by atoms with van der Waals surface area (Å²) in [5.74, 6) is 0.0659. The molecule has 4 nitrogen and oxygen atoms in total. The molecule has 0 radical (unpaired) electrons. The smallest absolute Gasteiger partial charge is 0.224 e. The van der Waals surface area contributed by atoms with E-state index >= 15 is 0 Å². The third kappa shape index (κ3) is 5.66. The number of nitrogens with one attached hydrogen (secondary N) is 1. The van der Waals surface area contributed by atoms with Crippen molar-refractivity contribution < 1.29 is 9.53 Å². The average Bonchev–Trinajstić information content (AvgIpc) is 2.62. The number of morpholine rings is 1. The SMILES string of the molecule is Cc1ccc(CCC(=O)Nc2ccccc2CN2CC(C)OC(C)C2)c(C)c1. The zero-order valence-electron chi connectivity index (χ0n) is 17.5. The molecule has 3 rings (SSSR count). The van der Waals surface area contributed by atoms with E-state index in [0.717, 1.165) is 37.3 Å². The lowest BCUT2D eigenvalue weighted by atomic mass is 10.0. The topological polar surface area (TPSA) is 41.6 Å². The Labute approximate surface area is 168 Å². The predicted molar refractivity (Wildman–Crippen MR) is 115 cm³/mol. The second-order valence-electron chi connectivity index (χ2n) is 8.09. The van der Waals surface area contributed by atoms with Crippen molar-refractivity contribution in [2.24, 2.45) is 0 Å². The molecule has 2 atom stereocenters. The van der Waals surface area contributed by atoms with Gasteiger partial charge in [0.1, 0.15) is 0 Å². The summed E-state index contributed by atoms with van der Waals surface area (Å²) in [7, 11) is 0. The largest absolute Gasteiger partial charge is 0.373 e. The number of aryl methyl sites for hydroxylation is 3. The Morgan fingerprint density at radius 3 is 2.50 bits per heavy atom. The minimum Gasteiger partial charge on any atom is -0.373 e. The van der Waals surface area contributed by atoms with E-state index < -0.39 is 0 Å². The maximum absolute atomic E-state index is 12.6. The molecule has 28 heavy (non-hydrogen) atoms. The molecule has 1 fully saturated rings. The van der Waals surface area contributed by atoms with E-state index in [1.807, 2.05) is 18.2 Å². The number of carbonyl (C=O) groups excluding carboxylic acids is 1. The molecule has 0 spiro atoms. The van der Waals surface area contributed by atoms with Gasteiger partial charge >= 0.3 is 0 Å². The summed E-state index contributed by atoms with van der Waals surface area (Å²) in [4.78, 5) is 15.0. The molecule has 1 heterocycles. The maximum Gasteiger partial charge on any atom is 0.224 e. The van der Waals surface area contributed by atoms with Crippen molar-refractivity contribution in [2.75, 3.05) is 18.4 Å². The zero-order valence-corrected chi connectivity index (χ0v) is 17.5. The number of hydrogen-bond donors (Lipinski definition) is 1. The van der Waals surface area contributed by atoms with Crippen LogP contribution in [-0.2, 0) is 22.5 Å². The molecule has 1 saturated heterocycles. The molecule has 4 heteroatoms. The summed E-state index contributed by atoms with van der Waals surface area (Å²) < 4.78 is 5.83. The summed E-state index contributed by atoms with van der Waals surface area (Å²) in [5, 5.41) is 3.13. The highest BCUT2D eigenvalue weighted by molar-refractivity contribution is 5.91. The fourth-order valence-corrected chi connectivity index (χ4v) is 4.02. The summed E-state index contributed by atoms with van der Waals surface area (Å²) in [6, 6.07) is 14.5. The van der Waals surface area contributed by atoms with Crippen LogP contribution in [-0.4, -0.2) is 36.1 Å². The van der Waals surface area contributed by atoms with Crippen LogP contribution in [0.4, 0.5) is 5.69 Å². The summed E-state index contributed by atoms with van der Waals surface area (Å²) in [5.41, 5.74) is 5.82. The molecular formula is C24H32N2O2. The fraction of sp³-hybridized carbons (Fsp3) is 0.458. The van der Waals surface area contributed by atoms with Crippen LogP contribution in [0.15, 0.2) is 42.5 Å². The molecular weight excluding hydrogens is 348 g/mol. The lowest BCUT2D eigenvalue weighted by Gasteiger charge is -2.35.